The number of thioether (sulfide) groups is 1. The van der Waals surface area contributed by atoms with Crippen LogP contribution < -0.4 is 5.32 Å². The monoisotopic (exact) mass is 327 g/mol. The van der Waals surface area contributed by atoms with Gasteiger partial charge < -0.3 is 10.4 Å². The second kappa shape index (κ2) is 6.40. The zero-order valence-corrected chi connectivity index (χ0v) is 14.2. The number of rotatable bonds is 4. The van der Waals surface area contributed by atoms with Crippen molar-refractivity contribution >= 4 is 35.0 Å². The first-order chi connectivity index (χ1) is 9.77. The van der Waals surface area contributed by atoms with E-state index in [0.717, 1.165) is 17.9 Å². The summed E-state index contributed by atoms with van der Waals surface area (Å²) in [5.74, 6) is 1.03. The molecule has 0 spiro atoms. The van der Waals surface area contributed by atoms with Crippen LogP contribution in [0, 0.1) is 5.41 Å². The predicted octanol–water partition coefficient (Wildman–Crippen LogP) is 3.16. The van der Waals surface area contributed by atoms with Gasteiger partial charge >= 0.3 is 5.97 Å². The molecule has 0 aromatic carbocycles. The summed E-state index contributed by atoms with van der Waals surface area (Å²) in [6, 6.07) is 1.58. The zero-order valence-electron chi connectivity index (χ0n) is 12.6. The molecule has 116 valence electrons. The molecule has 0 saturated heterocycles. The first-order valence-electron chi connectivity index (χ1n) is 6.99. The highest BCUT2D eigenvalue weighted by atomic mass is 32.2. The van der Waals surface area contributed by atoms with E-state index in [1.807, 2.05) is 38.6 Å². The fourth-order valence-electron chi connectivity index (χ4n) is 2.24. The van der Waals surface area contributed by atoms with Crippen molar-refractivity contribution in [1.29, 1.82) is 0 Å². The maximum absolute atomic E-state index is 12.4. The molecule has 0 bridgehead atoms. The van der Waals surface area contributed by atoms with E-state index in [1.165, 1.54) is 10.4 Å². The van der Waals surface area contributed by atoms with E-state index >= 15 is 0 Å². The average Bonchev–Trinajstić information content (AvgIpc) is 2.80. The number of nitrogens with one attached hydrogen (secondary N) is 1. The van der Waals surface area contributed by atoms with E-state index in [1.54, 1.807) is 11.3 Å². The van der Waals surface area contributed by atoms with Crippen LogP contribution >= 0.6 is 23.1 Å². The van der Waals surface area contributed by atoms with Crippen LogP contribution in [0.3, 0.4) is 0 Å². The van der Waals surface area contributed by atoms with Gasteiger partial charge in [-0.3, -0.25) is 9.59 Å². The van der Waals surface area contributed by atoms with Gasteiger partial charge in [0, 0.05) is 16.7 Å². The average molecular weight is 327 g/mol. The fourth-order valence-corrected chi connectivity index (χ4v) is 4.51. The van der Waals surface area contributed by atoms with E-state index in [-0.39, 0.29) is 23.8 Å². The molecule has 0 radical (unpaired) electrons. The third kappa shape index (κ3) is 4.23. The fraction of sp³-hybridized carbons (Fsp3) is 0.600. The second-order valence-electron chi connectivity index (χ2n) is 6.35. The largest absolute Gasteiger partial charge is 0.481 e. The Morgan fingerprint density at radius 3 is 2.71 bits per heavy atom. The van der Waals surface area contributed by atoms with Crippen LogP contribution in [-0.4, -0.2) is 28.8 Å². The van der Waals surface area contributed by atoms with Gasteiger partial charge in [0.15, 0.2) is 0 Å². The number of aliphatic carboxylic acids is 1. The van der Waals surface area contributed by atoms with Gasteiger partial charge in [-0.1, -0.05) is 20.8 Å². The maximum atomic E-state index is 12.4. The standard InChI is InChI=1S/C15H21NO3S2/c1-15(2,3)12(7-13(17)18)16-14(19)11-6-9-8-20-5-4-10(9)21-11/h6,12H,4-5,7-8H2,1-3H3,(H,16,19)(H,17,18). The van der Waals surface area contributed by atoms with Crippen LogP contribution in [0.25, 0.3) is 0 Å². The van der Waals surface area contributed by atoms with Crippen molar-refractivity contribution in [2.75, 3.05) is 5.75 Å². The quantitative estimate of drug-likeness (QED) is 0.891. The van der Waals surface area contributed by atoms with Gasteiger partial charge in [0.1, 0.15) is 0 Å². The van der Waals surface area contributed by atoms with Crippen molar-refractivity contribution < 1.29 is 14.7 Å². The molecule has 2 heterocycles. The van der Waals surface area contributed by atoms with E-state index < -0.39 is 5.97 Å². The van der Waals surface area contributed by atoms with Gasteiger partial charge in [-0.2, -0.15) is 11.8 Å². The lowest BCUT2D eigenvalue weighted by atomic mass is 9.84. The van der Waals surface area contributed by atoms with Crippen molar-refractivity contribution in [3.05, 3.63) is 21.4 Å². The lowest BCUT2D eigenvalue weighted by Crippen LogP contribution is -2.44. The summed E-state index contributed by atoms with van der Waals surface area (Å²) in [7, 11) is 0. The number of hydrogen-bond acceptors (Lipinski definition) is 4. The Labute approximate surface area is 133 Å². The molecule has 4 nitrogen and oxygen atoms in total. The molecule has 1 unspecified atom stereocenters. The number of carbonyl (C=O) groups excluding carboxylic acids is 1. The molecule has 2 N–H and O–H groups in total. The summed E-state index contributed by atoms with van der Waals surface area (Å²) in [5.41, 5.74) is 0.966. The Kier molecular flexibility index (Phi) is 4.99. The van der Waals surface area contributed by atoms with Gasteiger partial charge in [0.05, 0.1) is 11.3 Å². The Morgan fingerprint density at radius 2 is 2.14 bits per heavy atom. The van der Waals surface area contributed by atoms with Crippen LogP contribution in [0.15, 0.2) is 6.07 Å². The Hall–Kier alpha value is -1.01. The summed E-state index contributed by atoms with van der Waals surface area (Å²) in [6.07, 6.45) is 0.964. The molecule has 21 heavy (non-hydrogen) atoms. The topological polar surface area (TPSA) is 66.4 Å². The van der Waals surface area contributed by atoms with Crippen LogP contribution in [0.5, 0.6) is 0 Å². The molecule has 0 saturated carbocycles. The van der Waals surface area contributed by atoms with Crippen molar-refractivity contribution in [2.24, 2.45) is 5.41 Å². The number of fused-ring (bicyclic) bond motifs is 1. The number of hydrogen-bond donors (Lipinski definition) is 2. The second-order valence-corrected chi connectivity index (χ2v) is 8.59. The number of thiophene rings is 1. The third-order valence-corrected chi connectivity index (χ3v) is 5.82. The van der Waals surface area contributed by atoms with Gasteiger partial charge in [0.2, 0.25) is 0 Å². The molecule has 1 aliphatic rings. The van der Waals surface area contributed by atoms with Crippen molar-refractivity contribution in [1.82, 2.24) is 5.32 Å². The SMILES string of the molecule is CC(C)(C)C(CC(=O)O)NC(=O)c1cc2c(s1)CCSC2. The first-order valence-corrected chi connectivity index (χ1v) is 8.96. The van der Waals surface area contributed by atoms with Gasteiger partial charge in [-0.25, -0.2) is 0 Å². The van der Waals surface area contributed by atoms with E-state index in [0.29, 0.717) is 4.88 Å². The summed E-state index contributed by atoms with van der Waals surface area (Å²) in [4.78, 5) is 25.4. The third-order valence-electron chi connectivity index (χ3n) is 3.58. The van der Waals surface area contributed by atoms with Crippen LogP contribution in [0.4, 0.5) is 0 Å². The van der Waals surface area contributed by atoms with Crippen LogP contribution in [0.2, 0.25) is 0 Å². The predicted molar refractivity (Wildman–Crippen MR) is 87.1 cm³/mol. The summed E-state index contributed by atoms with van der Waals surface area (Å²) in [5, 5.41) is 11.9. The molecular formula is C15H21NO3S2. The number of carboxylic acids is 1. The van der Waals surface area contributed by atoms with Crippen molar-refractivity contribution in [3.8, 4) is 0 Å². The van der Waals surface area contributed by atoms with Crippen molar-refractivity contribution in [3.63, 3.8) is 0 Å². The molecule has 1 aromatic heterocycles. The summed E-state index contributed by atoms with van der Waals surface area (Å²) in [6.45, 7) is 5.82. The summed E-state index contributed by atoms with van der Waals surface area (Å²) >= 11 is 3.43. The molecule has 6 heteroatoms. The molecule has 1 aromatic rings. The van der Waals surface area contributed by atoms with Gasteiger partial charge in [-0.05, 0) is 29.2 Å². The maximum Gasteiger partial charge on any atom is 0.305 e. The minimum Gasteiger partial charge on any atom is -0.481 e. The molecule has 1 amide bonds. The Morgan fingerprint density at radius 1 is 1.43 bits per heavy atom. The Balaban J connectivity index is 2.11. The number of amides is 1. The normalized spacial score (nSPS) is 16.1. The minimum atomic E-state index is -0.892. The molecule has 0 aliphatic carbocycles. The van der Waals surface area contributed by atoms with E-state index in [4.69, 9.17) is 5.11 Å². The van der Waals surface area contributed by atoms with E-state index in [2.05, 4.69) is 5.32 Å². The number of aryl methyl sites for hydroxylation is 1. The molecular weight excluding hydrogens is 306 g/mol. The Bertz CT molecular complexity index is 522. The number of carbonyl (C=O) groups is 2. The first kappa shape index (κ1) is 16.4. The molecule has 0 fully saturated rings. The van der Waals surface area contributed by atoms with Gasteiger partial charge in [0.25, 0.3) is 5.91 Å². The lowest BCUT2D eigenvalue weighted by molar-refractivity contribution is -0.138. The highest BCUT2D eigenvalue weighted by molar-refractivity contribution is 7.98. The van der Waals surface area contributed by atoms with Crippen LogP contribution in [-0.2, 0) is 17.0 Å². The molecule has 1 aliphatic heterocycles. The van der Waals surface area contributed by atoms with Crippen LogP contribution in [0.1, 0.15) is 47.3 Å². The smallest absolute Gasteiger partial charge is 0.305 e. The van der Waals surface area contributed by atoms with Crippen molar-refractivity contribution in [2.45, 2.75) is 45.4 Å². The molecule has 2 rings (SSSR count). The molecule has 1 atom stereocenters. The van der Waals surface area contributed by atoms with E-state index in [9.17, 15) is 9.59 Å². The highest BCUT2D eigenvalue weighted by Crippen LogP contribution is 2.32. The number of carboxylic acid groups (broad SMARTS) is 1. The zero-order chi connectivity index (χ0) is 15.6. The lowest BCUT2D eigenvalue weighted by Gasteiger charge is -2.30. The highest BCUT2D eigenvalue weighted by Gasteiger charge is 2.29. The minimum absolute atomic E-state index is 0.0593. The van der Waals surface area contributed by atoms with Gasteiger partial charge in [-0.15, -0.1) is 11.3 Å². The summed E-state index contributed by atoms with van der Waals surface area (Å²) < 4.78 is 0.